The Balaban J connectivity index is 0.000000179. The summed E-state index contributed by atoms with van der Waals surface area (Å²) < 4.78 is 59.2. The Morgan fingerprint density at radius 3 is 1.38 bits per heavy atom. The molecule has 0 aliphatic rings. The second-order valence-electron chi connectivity index (χ2n) is 22.6. The summed E-state index contributed by atoms with van der Waals surface area (Å²) in [6, 6.07) is 62.7. The SMILES string of the molecule is C[SiH](C)c1c[c-]n(-c2cccc(C(C)(C)c3cccc(-n4[c-]cc([SiH](C)C)n4)n3)n2)n1.Clc1c[c-]c2c(c1)c1ccccc1n1ccnc21.Fc1c[c-]c(-c2ccccn2)c(Cl)n1.Fc1c[c-]c(-c2ccccn2)c(F)n1.Fc1c[c-]c2c(c1)c1ccccc1n1ccnc21.[Ir].[Ir].[Ir].[Ir].[Pt+2]. The van der Waals surface area contributed by atoms with Gasteiger partial charge < -0.3 is 33.1 Å². The van der Waals surface area contributed by atoms with E-state index in [-0.39, 0.29) is 118 Å². The average Bonchev–Trinajstić information content (AvgIpc) is 1.46. The zero-order valence-corrected chi connectivity index (χ0v) is 69.1. The maximum atomic E-state index is 13.4. The number of para-hydroxylation sites is 2. The molecule has 12 aromatic heterocycles. The summed E-state index contributed by atoms with van der Waals surface area (Å²) in [5, 5.41) is 18.4. The summed E-state index contributed by atoms with van der Waals surface area (Å²) >= 11 is 11.8. The van der Waals surface area contributed by atoms with Gasteiger partial charge in [0.15, 0.2) is 0 Å². The van der Waals surface area contributed by atoms with Crippen molar-refractivity contribution in [3.05, 3.63) is 289 Å². The third-order valence-electron chi connectivity index (χ3n) is 15.3. The van der Waals surface area contributed by atoms with Crippen molar-refractivity contribution in [3.63, 3.8) is 0 Å². The summed E-state index contributed by atoms with van der Waals surface area (Å²) in [5.74, 6) is -1.16. The van der Waals surface area contributed by atoms with Crippen molar-refractivity contribution in [1.82, 2.24) is 68.2 Å². The summed E-state index contributed by atoms with van der Waals surface area (Å²) in [7, 11) is -1.95. The molecule has 16 rings (SSSR count). The Hall–Kier alpha value is -7.36. The minimum atomic E-state index is -0.977. The molecule has 0 N–H and O–H groups in total. The smallest absolute Gasteiger partial charge is 0.344 e. The number of halogens is 6. The third kappa shape index (κ3) is 18.1. The second-order valence-corrected chi connectivity index (χ2v) is 29.2. The molecule has 0 saturated carbocycles. The topological polar surface area (TPSA) is 148 Å². The minimum Gasteiger partial charge on any atom is -0.344 e. The van der Waals surface area contributed by atoms with E-state index >= 15 is 0 Å². The molecule has 0 aliphatic heterocycles. The van der Waals surface area contributed by atoms with Crippen molar-refractivity contribution in [2.24, 2.45) is 0 Å². The molecular formula is C73H54Cl2F4Ir4N14PtSi2-4. The van der Waals surface area contributed by atoms with Gasteiger partial charge in [0.25, 0.3) is 0 Å². The molecule has 0 amide bonds. The number of nitrogens with zero attached hydrogens (tertiary/aromatic N) is 14. The summed E-state index contributed by atoms with van der Waals surface area (Å²) in [4.78, 5) is 33.1. The van der Waals surface area contributed by atoms with Gasteiger partial charge in [0.1, 0.15) is 17.8 Å². The van der Waals surface area contributed by atoms with Gasteiger partial charge in [-0.15, -0.1) is 89.3 Å². The van der Waals surface area contributed by atoms with Crippen molar-refractivity contribution in [2.45, 2.75) is 45.5 Å². The molecule has 0 aliphatic carbocycles. The van der Waals surface area contributed by atoms with E-state index in [1.165, 1.54) is 12.3 Å². The van der Waals surface area contributed by atoms with Crippen LogP contribution < -0.4 is 10.6 Å². The summed E-state index contributed by atoms with van der Waals surface area (Å²) in [5.41, 5.74) is 6.96. The van der Waals surface area contributed by atoms with E-state index in [1.54, 1.807) is 64.2 Å². The summed E-state index contributed by atoms with van der Waals surface area (Å²) in [6.45, 7) is 13.3. The molecule has 0 bridgehead atoms. The fourth-order valence-corrected chi connectivity index (χ4v) is 12.3. The molecule has 27 heteroatoms. The number of imidazole rings is 2. The maximum Gasteiger partial charge on any atom is 2.00 e. The molecule has 0 fully saturated rings. The normalized spacial score (nSPS) is 10.8. The first-order valence-corrected chi connectivity index (χ1v) is 36.4. The zero-order chi connectivity index (χ0) is 66.3. The molecule has 0 saturated heterocycles. The van der Waals surface area contributed by atoms with Crippen molar-refractivity contribution in [3.8, 4) is 34.2 Å². The van der Waals surface area contributed by atoms with Crippen LogP contribution in [0.25, 0.3) is 88.8 Å². The molecular weight excluding hydrogens is 2240 g/mol. The van der Waals surface area contributed by atoms with E-state index in [2.05, 4.69) is 133 Å². The Kier molecular flexibility index (Phi) is 28.8. The van der Waals surface area contributed by atoms with E-state index < -0.39 is 40.9 Å². The van der Waals surface area contributed by atoms with E-state index in [9.17, 15) is 17.6 Å². The zero-order valence-electron chi connectivity index (χ0n) is 53.5. The number of benzene rings is 4. The Bertz CT molecular complexity index is 5080. The van der Waals surface area contributed by atoms with Gasteiger partial charge in [0.2, 0.25) is 0 Å². The number of aromatic nitrogens is 14. The van der Waals surface area contributed by atoms with Crippen LogP contribution in [-0.2, 0) is 107 Å². The van der Waals surface area contributed by atoms with Gasteiger partial charge in [-0.05, 0) is 88.1 Å². The fourth-order valence-electron chi connectivity index (χ4n) is 10.4. The van der Waals surface area contributed by atoms with Gasteiger partial charge in [-0.3, -0.25) is 39.5 Å². The van der Waals surface area contributed by atoms with E-state index in [0.29, 0.717) is 22.0 Å². The first kappa shape index (κ1) is 80.0. The predicted octanol–water partition coefficient (Wildman–Crippen LogP) is 14.8. The Morgan fingerprint density at radius 1 is 0.450 bits per heavy atom. The van der Waals surface area contributed by atoms with Crippen LogP contribution in [0.5, 0.6) is 0 Å². The van der Waals surface area contributed by atoms with E-state index in [0.717, 1.165) is 100 Å². The number of fused-ring (bicyclic) bond motifs is 12. The van der Waals surface area contributed by atoms with E-state index in [4.69, 9.17) is 33.2 Å². The number of rotatable bonds is 8. The standard InChI is InChI=1S/C23H28N6Si2.C15H8ClN2.C15H8FN2.C10H5ClFN2.C10H5F2N2.4Ir.Pt/c1-23(2,17-9-7-11-19(24-17)28-15-13-21(26-28)30(3)4)18-10-8-12-20(25-18)29-16-14-22(27-29)31(5)6;2*16-10-5-6-12-13(9-10)11-3-1-2-4-14(11)18-8-7-17-15(12)18;11-10-7(4-5-9(12)14-10)8-3-1-2-6-13-8;11-9-5-4-7(10(12)14-9)8-3-1-2-6-13-8;;;;;/h7-14,30-31H,1-6H3;2*1-5,7-9H;2*1-3,5-6H;;;;;/q-2;4*-1;;;;;+2. The number of hydrogen-bond acceptors (Lipinski definition) is 10. The molecule has 516 valence electrons. The first-order valence-electron chi connectivity index (χ1n) is 29.9. The van der Waals surface area contributed by atoms with Gasteiger partial charge in [0, 0.05) is 174 Å². The maximum absolute atomic E-state index is 13.4. The monoisotopic (exact) mass is 2300 g/mol. The van der Waals surface area contributed by atoms with E-state index in [1.807, 2.05) is 120 Å². The third-order valence-corrected chi connectivity index (χ3v) is 18.7. The van der Waals surface area contributed by atoms with Gasteiger partial charge in [-0.1, -0.05) is 163 Å². The van der Waals surface area contributed by atoms with Crippen LogP contribution >= 0.6 is 23.2 Å². The molecule has 16 aromatic rings. The Morgan fingerprint density at radius 2 is 0.910 bits per heavy atom. The molecule has 4 aromatic carbocycles. The van der Waals surface area contributed by atoms with Crippen LogP contribution in [0.1, 0.15) is 25.2 Å². The van der Waals surface area contributed by atoms with Crippen molar-refractivity contribution < 1.29 is 119 Å². The largest absolute Gasteiger partial charge is 2.00 e. The van der Waals surface area contributed by atoms with Gasteiger partial charge in [-0.25, -0.2) is 13.2 Å². The van der Waals surface area contributed by atoms with Gasteiger partial charge in [-0.2, -0.15) is 0 Å². The molecule has 14 nitrogen and oxygen atoms in total. The van der Waals surface area contributed by atoms with Gasteiger partial charge >= 0.3 is 21.1 Å². The van der Waals surface area contributed by atoms with Crippen molar-refractivity contribution in [2.75, 3.05) is 0 Å². The van der Waals surface area contributed by atoms with Crippen LogP contribution in [0.4, 0.5) is 17.6 Å². The molecule has 4 radical (unpaired) electrons. The quantitative estimate of drug-likeness (QED) is 0.0473. The molecule has 12 heterocycles. The van der Waals surface area contributed by atoms with Crippen LogP contribution in [-0.4, -0.2) is 85.8 Å². The summed E-state index contributed by atoms with van der Waals surface area (Å²) in [6.07, 6.45) is 17.0. The first-order chi connectivity index (χ1) is 46.0. The molecule has 0 unspecified atom stereocenters. The van der Waals surface area contributed by atoms with Crippen LogP contribution in [0.3, 0.4) is 0 Å². The van der Waals surface area contributed by atoms with Crippen molar-refractivity contribution in [1.29, 1.82) is 0 Å². The van der Waals surface area contributed by atoms with Crippen LogP contribution in [0.15, 0.2) is 207 Å². The number of pyridine rings is 8. The molecule has 0 spiro atoms. The van der Waals surface area contributed by atoms with Crippen LogP contribution in [0.2, 0.25) is 36.4 Å². The fraction of sp³-hybridized carbons (Fsp3) is 0.0959. The predicted molar refractivity (Wildman–Crippen MR) is 370 cm³/mol. The molecule has 0 atom stereocenters. The van der Waals surface area contributed by atoms with Crippen LogP contribution in [0, 0.1) is 60.3 Å². The molecule has 100 heavy (non-hydrogen) atoms. The second kappa shape index (κ2) is 36.0. The van der Waals surface area contributed by atoms with Crippen molar-refractivity contribution >= 4 is 106 Å². The minimum absolute atomic E-state index is 0. The number of hydrogen-bond donors (Lipinski definition) is 0. The average molecular weight is 2290 g/mol. The van der Waals surface area contributed by atoms with Gasteiger partial charge in [0.05, 0.1) is 22.9 Å². The Labute approximate surface area is 655 Å².